The predicted octanol–water partition coefficient (Wildman–Crippen LogP) is 1.72. The van der Waals surface area contributed by atoms with Crippen LogP contribution in [-0.2, 0) is 0 Å². The number of amides is 1. The van der Waals surface area contributed by atoms with Crippen LogP contribution in [0.1, 0.15) is 37.0 Å². The van der Waals surface area contributed by atoms with Crippen LogP contribution in [0.15, 0.2) is 24.3 Å². The number of nitrogens with one attached hydrogen (secondary N) is 1. The van der Waals surface area contributed by atoms with Gasteiger partial charge in [0.2, 0.25) is 0 Å². The Kier molecular flexibility index (Phi) is 6.86. The third kappa shape index (κ3) is 5.22. The minimum absolute atomic E-state index is 0.0160. The van der Waals surface area contributed by atoms with E-state index in [0.717, 1.165) is 51.3 Å². The average molecular weight is 319 g/mol. The number of benzene rings is 1. The van der Waals surface area contributed by atoms with E-state index < -0.39 is 0 Å². The van der Waals surface area contributed by atoms with Crippen LogP contribution < -0.4 is 10.2 Å². The largest absolute Gasteiger partial charge is 0.393 e. The Morgan fingerprint density at radius 2 is 1.83 bits per heavy atom. The smallest absolute Gasteiger partial charge is 0.251 e. The number of piperidine rings is 1. The van der Waals surface area contributed by atoms with Crippen molar-refractivity contribution in [3.63, 3.8) is 0 Å². The lowest BCUT2D eigenvalue weighted by Crippen LogP contribution is -2.36. The van der Waals surface area contributed by atoms with Crippen LogP contribution in [0.5, 0.6) is 0 Å². The fraction of sp³-hybridized carbons (Fsp3) is 0.611. The number of carbonyl (C=O) groups is 1. The number of anilines is 1. The lowest BCUT2D eigenvalue weighted by atomic mass is 10.1. The number of likely N-dealkylation sites (N-methyl/N-ethyl adjacent to an activating group) is 1. The fourth-order valence-electron chi connectivity index (χ4n) is 2.92. The molecule has 5 heteroatoms. The highest BCUT2D eigenvalue weighted by atomic mass is 16.3. The van der Waals surface area contributed by atoms with Gasteiger partial charge in [-0.2, -0.15) is 0 Å². The fourth-order valence-corrected chi connectivity index (χ4v) is 2.92. The molecule has 1 saturated heterocycles. The van der Waals surface area contributed by atoms with Crippen LogP contribution in [0.4, 0.5) is 5.69 Å². The van der Waals surface area contributed by atoms with Crippen LogP contribution in [0.3, 0.4) is 0 Å². The lowest BCUT2D eigenvalue weighted by molar-refractivity contribution is 0.0949. The number of hydrogen-bond acceptors (Lipinski definition) is 4. The number of carbonyl (C=O) groups excluding carboxylic acids is 1. The summed E-state index contributed by atoms with van der Waals surface area (Å²) in [6, 6.07) is 7.76. The molecule has 0 aliphatic carbocycles. The molecule has 1 amide bonds. The van der Waals surface area contributed by atoms with E-state index in [1.165, 1.54) is 0 Å². The van der Waals surface area contributed by atoms with Gasteiger partial charge in [0.15, 0.2) is 0 Å². The molecule has 1 heterocycles. The summed E-state index contributed by atoms with van der Waals surface area (Å²) in [5.74, 6) is -0.0160. The Morgan fingerprint density at radius 1 is 1.22 bits per heavy atom. The van der Waals surface area contributed by atoms with Crippen molar-refractivity contribution in [3.05, 3.63) is 29.8 Å². The van der Waals surface area contributed by atoms with Crippen molar-refractivity contribution >= 4 is 11.6 Å². The summed E-state index contributed by atoms with van der Waals surface area (Å²) >= 11 is 0. The molecule has 1 aromatic carbocycles. The van der Waals surface area contributed by atoms with Crippen LogP contribution in [-0.4, -0.2) is 61.3 Å². The maximum absolute atomic E-state index is 12.2. The average Bonchev–Trinajstić information content (AvgIpc) is 2.59. The highest BCUT2D eigenvalue weighted by Crippen LogP contribution is 2.20. The normalized spacial score (nSPS) is 15.9. The zero-order valence-corrected chi connectivity index (χ0v) is 14.3. The summed E-state index contributed by atoms with van der Waals surface area (Å²) in [7, 11) is 0. The summed E-state index contributed by atoms with van der Waals surface area (Å²) in [5, 5.41) is 12.5. The third-order valence-electron chi connectivity index (χ3n) is 4.57. The van der Waals surface area contributed by atoms with Gasteiger partial charge in [-0.1, -0.05) is 13.8 Å². The molecule has 128 valence electrons. The lowest BCUT2D eigenvalue weighted by Gasteiger charge is -2.31. The molecular formula is C18H29N3O2. The van der Waals surface area contributed by atoms with Gasteiger partial charge in [-0.3, -0.25) is 4.79 Å². The minimum atomic E-state index is -0.165. The van der Waals surface area contributed by atoms with Crippen molar-refractivity contribution < 1.29 is 9.90 Å². The SMILES string of the molecule is CCN(CC)CCNC(=O)c1ccc(N2CCC(O)CC2)cc1. The number of aliphatic hydroxyl groups excluding tert-OH is 1. The molecule has 0 unspecified atom stereocenters. The van der Waals surface area contributed by atoms with Crippen molar-refractivity contribution in [2.45, 2.75) is 32.8 Å². The Hall–Kier alpha value is -1.59. The molecule has 1 aromatic rings. The molecule has 0 atom stereocenters. The van der Waals surface area contributed by atoms with E-state index in [0.29, 0.717) is 12.1 Å². The second-order valence-corrected chi connectivity index (χ2v) is 6.05. The molecule has 0 radical (unpaired) electrons. The van der Waals surface area contributed by atoms with Crippen molar-refractivity contribution in [1.29, 1.82) is 0 Å². The van der Waals surface area contributed by atoms with Gasteiger partial charge in [-0.25, -0.2) is 0 Å². The van der Waals surface area contributed by atoms with E-state index in [4.69, 9.17) is 0 Å². The second kappa shape index (κ2) is 8.89. The maximum atomic E-state index is 12.2. The van der Waals surface area contributed by atoms with E-state index >= 15 is 0 Å². The van der Waals surface area contributed by atoms with E-state index in [1.54, 1.807) is 0 Å². The van der Waals surface area contributed by atoms with Gasteiger partial charge in [0.25, 0.3) is 5.91 Å². The highest BCUT2D eigenvalue weighted by Gasteiger charge is 2.17. The standard InChI is InChI=1S/C18H29N3O2/c1-3-20(4-2)14-11-19-18(23)15-5-7-16(8-6-15)21-12-9-17(22)10-13-21/h5-8,17,22H,3-4,9-14H2,1-2H3,(H,19,23). The van der Waals surface area contributed by atoms with Crippen LogP contribution in [0, 0.1) is 0 Å². The topological polar surface area (TPSA) is 55.8 Å². The molecule has 1 fully saturated rings. The first-order valence-electron chi connectivity index (χ1n) is 8.67. The van der Waals surface area contributed by atoms with E-state index in [1.807, 2.05) is 24.3 Å². The second-order valence-electron chi connectivity index (χ2n) is 6.05. The highest BCUT2D eigenvalue weighted by molar-refractivity contribution is 5.94. The zero-order chi connectivity index (χ0) is 16.7. The molecule has 2 rings (SSSR count). The quantitative estimate of drug-likeness (QED) is 0.803. The summed E-state index contributed by atoms with van der Waals surface area (Å²) in [5.41, 5.74) is 1.82. The van der Waals surface area contributed by atoms with Crippen molar-refractivity contribution in [3.8, 4) is 0 Å². The number of nitrogens with zero attached hydrogens (tertiary/aromatic N) is 2. The Balaban J connectivity index is 1.83. The summed E-state index contributed by atoms with van der Waals surface area (Å²) in [6.45, 7) is 9.57. The van der Waals surface area contributed by atoms with Crippen LogP contribution >= 0.6 is 0 Å². The molecule has 5 nitrogen and oxygen atoms in total. The monoisotopic (exact) mass is 319 g/mol. The van der Waals surface area contributed by atoms with Crippen LogP contribution in [0.2, 0.25) is 0 Å². The van der Waals surface area contributed by atoms with E-state index in [-0.39, 0.29) is 12.0 Å². The molecule has 0 saturated carbocycles. The molecule has 1 aliphatic heterocycles. The number of rotatable bonds is 7. The molecular weight excluding hydrogens is 290 g/mol. The first-order chi connectivity index (χ1) is 11.1. The summed E-state index contributed by atoms with van der Waals surface area (Å²) < 4.78 is 0. The van der Waals surface area contributed by atoms with Crippen LogP contribution in [0.25, 0.3) is 0 Å². The molecule has 2 N–H and O–H groups in total. The van der Waals surface area contributed by atoms with Crippen molar-refractivity contribution in [2.24, 2.45) is 0 Å². The minimum Gasteiger partial charge on any atom is -0.393 e. The summed E-state index contributed by atoms with van der Waals surface area (Å²) in [6.07, 6.45) is 1.46. The van der Waals surface area contributed by atoms with E-state index in [9.17, 15) is 9.90 Å². The Morgan fingerprint density at radius 3 is 2.39 bits per heavy atom. The first kappa shape index (κ1) is 17.8. The summed E-state index contributed by atoms with van der Waals surface area (Å²) in [4.78, 5) is 16.7. The maximum Gasteiger partial charge on any atom is 0.251 e. The van der Waals surface area contributed by atoms with Gasteiger partial charge in [0.05, 0.1) is 6.10 Å². The molecule has 0 bridgehead atoms. The molecule has 0 aromatic heterocycles. The van der Waals surface area contributed by atoms with Gasteiger partial charge in [-0.05, 0) is 50.2 Å². The van der Waals surface area contributed by atoms with Gasteiger partial charge >= 0.3 is 0 Å². The van der Waals surface area contributed by atoms with Gasteiger partial charge in [0, 0.05) is 37.4 Å². The number of hydrogen-bond donors (Lipinski definition) is 2. The van der Waals surface area contributed by atoms with Gasteiger partial charge < -0.3 is 20.2 Å². The molecule has 0 spiro atoms. The Bertz CT molecular complexity index is 478. The van der Waals surface area contributed by atoms with Crippen molar-refractivity contribution in [1.82, 2.24) is 10.2 Å². The van der Waals surface area contributed by atoms with Gasteiger partial charge in [-0.15, -0.1) is 0 Å². The molecule has 1 aliphatic rings. The Labute approximate surface area is 139 Å². The van der Waals surface area contributed by atoms with E-state index in [2.05, 4.69) is 29.0 Å². The predicted molar refractivity (Wildman–Crippen MR) is 94.0 cm³/mol. The third-order valence-corrected chi connectivity index (χ3v) is 4.57. The zero-order valence-electron chi connectivity index (χ0n) is 14.3. The van der Waals surface area contributed by atoms with Crippen molar-refractivity contribution in [2.75, 3.05) is 44.2 Å². The molecule has 23 heavy (non-hydrogen) atoms. The first-order valence-corrected chi connectivity index (χ1v) is 8.67. The van der Waals surface area contributed by atoms with Gasteiger partial charge in [0.1, 0.15) is 0 Å². The number of aliphatic hydroxyl groups is 1.